The van der Waals surface area contributed by atoms with E-state index in [0.717, 1.165) is 17.5 Å². The molecule has 1 unspecified atom stereocenters. The fourth-order valence-electron chi connectivity index (χ4n) is 1.73. The van der Waals surface area contributed by atoms with Crippen LogP contribution in [0.4, 0.5) is 0 Å². The van der Waals surface area contributed by atoms with Crippen LogP contribution < -0.4 is 0 Å². The molecule has 0 bridgehead atoms. The minimum atomic E-state index is -0.538. The van der Waals surface area contributed by atoms with Crippen LogP contribution >= 0.6 is 0 Å². The van der Waals surface area contributed by atoms with Gasteiger partial charge in [0.15, 0.2) is 0 Å². The van der Waals surface area contributed by atoms with Gasteiger partial charge in [0.25, 0.3) is 0 Å². The Morgan fingerprint density at radius 1 is 1.06 bits per heavy atom. The number of rotatable bonds is 4. The summed E-state index contributed by atoms with van der Waals surface area (Å²) in [4.78, 5) is 7.81. The molecule has 17 heavy (non-hydrogen) atoms. The van der Waals surface area contributed by atoms with Crippen molar-refractivity contribution >= 4 is 0 Å². The van der Waals surface area contributed by atoms with Crippen LogP contribution in [0.3, 0.4) is 0 Å². The van der Waals surface area contributed by atoms with Gasteiger partial charge >= 0.3 is 0 Å². The summed E-state index contributed by atoms with van der Waals surface area (Å²) in [6, 6.07) is 8.32. The summed E-state index contributed by atoms with van der Waals surface area (Å²) in [6.45, 7) is 2.13. The van der Waals surface area contributed by atoms with Crippen molar-refractivity contribution in [3.05, 3.63) is 59.7 Å². The van der Waals surface area contributed by atoms with Gasteiger partial charge in [-0.05, 0) is 17.5 Å². The molecule has 0 aliphatic heterocycles. The number of nitrogens with zero attached hydrogens (tertiary/aromatic N) is 2. The van der Waals surface area contributed by atoms with Crippen LogP contribution in [0, 0.1) is 0 Å². The maximum Gasteiger partial charge on any atom is 0.115 e. The molecule has 0 radical (unpaired) electrons. The second-order valence-electron chi connectivity index (χ2n) is 4.06. The summed E-state index contributed by atoms with van der Waals surface area (Å²) >= 11 is 0. The molecule has 0 amide bonds. The van der Waals surface area contributed by atoms with Gasteiger partial charge in [0.2, 0.25) is 0 Å². The third-order valence-corrected chi connectivity index (χ3v) is 2.83. The first-order valence-electron chi connectivity index (χ1n) is 5.80. The molecule has 88 valence electrons. The lowest BCUT2D eigenvalue weighted by molar-refractivity contribution is 0.177. The van der Waals surface area contributed by atoms with Crippen molar-refractivity contribution in [1.29, 1.82) is 0 Å². The van der Waals surface area contributed by atoms with E-state index in [0.29, 0.717) is 6.42 Å². The molecule has 1 aromatic carbocycles. The molecule has 0 fully saturated rings. The van der Waals surface area contributed by atoms with Crippen molar-refractivity contribution in [1.82, 2.24) is 9.97 Å². The topological polar surface area (TPSA) is 46.0 Å². The maximum atomic E-state index is 10.0. The predicted molar refractivity (Wildman–Crippen MR) is 66.5 cm³/mol. The van der Waals surface area contributed by atoms with Gasteiger partial charge in [0.1, 0.15) is 6.33 Å². The van der Waals surface area contributed by atoms with Crippen LogP contribution in [0.1, 0.15) is 29.7 Å². The number of benzene rings is 1. The van der Waals surface area contributed by atoms with E-state index in [-0.39, 0.29) is 0 Å². The normalized spacial score (nSPS) is 12.4. The molecule has 3 nitrogen and oxygen atoms in total. The van der Waals surface area contributed by atoms with Crippen LogP contribution in [-0.2, 0) is 12.8 Å². The van der Waals surface area contributed by atoms with Crippen molar-refractivity contribution in [3.63, 3.8) is 0 Å². The highest BCUT2D eigenvalue weighted by Gasteiger charge is 2.08. The first-order valence-corrected chi connectivity index (χ1v) is 5.80. The minimum absolute atomic E-state index is 0.538. The van der Waals surface area contributed by atoms with Crippen LogP contribution in [0.25, 0.3) is 0 Å². The van der Waals surface area contributed by atoms with Gasteiger partial charge in [-0.3, -0.25) is 0 Å². The summed E-state index contributed by atoms with van der Waals surface area (Å²) < 4.78 is 0. The summed E-state index contributed by atoms with van der Waals surface area (Å²) in [5.41, 5.74) is 3.19. The third kappa shape index (κ3) is 3.11. The fourth-order valence-corrected chi connectivity index (χ4v) is 1.73. The van der Waals surface area contributed by atoms with Crippen molar-refractivity contribution < 1.29 is 5.11 Å². The molecule has 0 aliphatic rings. The van der Waals surface area contributed by atoms with E-state index in [2.05, 4.69) is 41.2 Å². The molecule has 0 aliphatic carbocycles. The lowest BCUT2D eigenvalue weighted by atomic mass is 10.0. The van der Waals surface area contributed by atoms with Crippen molar-refractivity contribution in [2.45, 2.75) is 25.9 Å². The molecule has 3 heteroatoms. The zero-order valence-electron chi connectivity index (χ0n) is 9.87. The molecule has 0 spiro atoms. The van der Waals surface area contributed by atoms with Gasteiger partial charge < -0.3 is 5.11 Å². The lowest BCUT2D eigenvalue weighted by Gasteiger charge is -2.10. The molecule has 1 aromatic heterocycles. The Morgan fingerprint density at radius 2 is 1.65 bits per heavy atom. The maximum absolute atomic E-state index is 10.0. The van der Waals surface area contributed by atoms with Crippen LogP contribution in [0.15, 0.2) is 43.0 Å². The van der Waals surface area contributed by atoms with Gasteiger partial charge in [0, 0.05) is 24.4 Å². The molecule has 0 saturated carbocycles. The number of aryl methyl sites for hydroxylation is 1. The van der Waals surface area contributed by atoms with Crippen molar-refractivity contribution in [2.24, 2.45) is 0 Å². The van der Waals surface area contributed by atoms with E-state index in [9.17, 15) is 5.11 Å². The standard InChI is InChI=1S/C14H16N2O/c1-2-11-3-5-12(6-4-11)7-14(17)13-8-15-10-16-9-13/h3-6,8-10,14,17H,2,7H2,1H3. The van der Waals surface area contributed by atoms with E-state index in [1.165, 1.54) is 11.9 Å². The molecule has 2 aromatic rings. The molecule has 1 N–H and O–H groups in total. The monoisotopic (exact) mass is 228 g/mol. The highest BCUT2D eigenvalue weighted by Crippen LogP contribution is 2.17. The zero-order valence-corrected chi connectivity index (χ0v) is 9.87. The summed E-state index contributed by atoms with van der Waals surface area (Å²) in [5.74, 6) is 0. The molecule has 2 rings (SSSR count). The number of aliphatic hydroxyl groups is 1. The van der Waals surface area contributed by atoms with Gasteiger partial charge in [-0.2, -0.15) is 0 Å². The average Bonchev–Trinajstić information content (AvgIpc) is 2.40. The van der Waals surface area contributed by atoms with Gasteiger partial charge in [-0.25, -0.2) is 9.97 Å². The number of aliphatic hydroxyl groups excluding tert-OH is 1. The average molecular weight is 228 g/mol. The molecule has 1 heterocycles. The predicted octanol–water partition coefficient (Wildman–Crippen LogP) is 2.32. The van der Waals surface area contributed by atoms with Gasteiger partial charge in [-0.15, -0.1) is 0 Å². The zero-order chi connectivity index (χ0) is 12.1. The molecular formula is C14H16N2O. The Morgan fingerprint density at radius 3 is 2.24 bits per heavy atom. The first-order chi connectivity index (χ1) is 8.29. The highest BCUT2D eigenvalue weighted by atomic mass is 16.3. The minimum Gasteiger partial charge on any atom is -0.388 e. The smallest absolute Gasteiger partial charge is 0.115 e. The highest BCUT2D eigenvalue weighted by molar-refractivity contribution is 5.24. The largest absolute Gasteiger partial charge is 0.388 e. The van der Waals surface area contributed by atoms with Gasteiger partial charge in [-0.1, -0.05) is 31.2 Å². The van der Waals surface area contributed by atoms with Crippen LogP contribution in [0.5, 0.6) is 0 Å². The number of hydrogen-bond acceptors (Lipinski definition) is 3. The summed E-state index contributed by atoms with van der Waals surface area (Å²) in [5, 5.41) is 10.0. The Kier molecular flexibility index (Phi) is 3.83. The Bertz CT molecular complexity index is 453. The Hall–Kier alpha value is -1.74. The second-order valence-corrected chi connectivity index (χ2v) is 4.06. The SMILES string of the molecule is CCc1ccc(CC(O)c2cncnc2)cc1. The second kappa shape index (κ2) is 5.55. The van der Waals surface area contributed by atoms with Gasteiger partial charge in [0.05, 0.1) is 6.10 Å². The number of hydrogen-bond donors (Lipinski definition) is 1. The molecule has 1 atom stereocenters. The lowest BCUT2D eigenvalue weighted by Crippen LogP contribution is -2.02. The molecular weight excluding hydrogens is 212 g/mol. The Labute approximate surface area is 101 Å². The van der Waals surface area contributed by atoms with Crippen molar-refractivity contribution in [3.8, 4) is 0 Å². The number of aromatic nitrogens is 2. The van der Waals surface area contributed by atoms with Crippen LogP contribution in [-0.4, -0.2) is 15.1 Å². The van der Waals surface area contributed by atoms with E-state index in [4.69, 9.17) is 0 Å². The summed E-state index contributed by atoms with van der Waals surface area (Å²) in [7, 11) is 0. The molecule has 0 saturated heterocycles. The quantitative estimate of drug-likeness (QED) is 0.873. The Balaban J connectivity index is 2.05. The van der Waals surface area contributed by atoms with Crippen LogP contribution in [0.2, 0.25) is 0 Å². The third-order valence-electron chi connectivity index (χ3n) is 2.83. The van der Waals surface area contributed by atoms with E-state index in [1.54, 1.807) is 12.4 Å². The first kappa shape index (κ1) is 11.7. The van der Waals surface area contributed by atoms with E-state index < -0.39 is 6.10 Å². The fraction of sp³-hybridized carbons (Fsp3) is 0.286. The van der Waals surface area contributed by atoms with E-state index >= 15 is 0 Å². The van der Waals surface area contributed by atoms with Crippen molar-refractivity contribution in [2.75, 3.05) is 0 Å². The van der Waals surface area contributed by atoms with E-state index in [1.807, 2.05) is 0 Å². The summed E-state index contributed by atoms with van der Waals surface area (Å²) in [6.07, 6.45) is 5.86.